The SMILES string of the molecule is C[C@H](NC(=O)COC(=O)/C=C/c1ccccc1F)c1ccccc1Br. The molecule has 0 spiro atoms. The lowest BCUT2D eigenvalue weighted by atomic mass is 10.1. The zero-order valence-corrected chi connectivity index (χ0v) is 15.1. The summed E-state index contributed by atoms with van der Waals surface area (Å²) < 4.78 is 19.2. The number of esters is 1. The Morgan fingerprint density at radius 3 is 2.60 bits per heavy atom. The van der Waals surface area contributed by atoms with Crippen LogP contribution in [-0.4, -0.2) is 18.5 Å². The molecule has 1 amide bonds. The van der Waals surface area contributed by atoms with Crippen molar-refractivity contribution in [3.05, 3.63) is 76.0 Å². The van der Waals surface area contributed by atoms with E-state index in [-0.39, 0.29) is 11.6 Å². The average molecular weight is 406 g/mol. The highest BCUT2D eigenvalue weighted by molar-refractivity contribution is 9.10. The standard InChI is InChI=1S/C19H17BrFNO3/c1-13(15-7-3-4-8-16(15)20)22-18(23)12-25-19(24)11-10-14-6-2-5-9-17(14)21/h2-11,13H,12H2,1H3,(H,22,23)/b11-10+/t13-/m0/s1. The van der Waals surface area contributed by atoms with Crippen LogP contribution in [0.2, 0.25) is 0 Å². The van der Waals surface area contributed by atoms with Crippen molar-refractivity contribution in [2.24, 2.45) is 0 Å². The molecule has 130 valence electrons. The topological polar surface area (TPSA) is 55.4 Å². The van der Waals surface area contributed by atoms with E-state index in [4.69, 9.17) is 4.74 Å². The van der Waals surface area contributed by atoms with Crippen LogP contribution in [0.3, 0.4) is 0 Å². The van der Waals surface area contributed by atoms with E-state index >= 15 is 0 Å². The molecule has 4 nitrogen and oxygen atoms in total. The van der Waals surface area contributed by atoms with Gasteiger partial charge in [-0.25, -0.2) is 9.18 Å². The number of nitrogens with one attached hydrogen (secondary N) is 1. The monoisotopic (exact) mass is 405 g/mol. The van der Waals surface area contributed by atoms with Gasteiger partial charge in [-0.05, 0) is 30.7 Å². The van der Waals surface area contributed by atoms with E-state index in [1.165, 1.54) is 18.2 Å². The van der Waals surface area contributed by atoms with Gasteiger partial charge in [0.05, 0.1) is 6.04 Å². The Morgan fingerprint density at radius 1 is 1.20 bits per heavy atom. The third-order valence-corrected chi connectivity index (χ3v) is 4.12. The predicted octanol–water partition coefficient (Wildman–Crippen LogP) is 4.02. The Labute approximate surface area is 153 Å². The number of carbonyl (C=O) groups is 2. The summed E-state index contributed by atoms with van der Waals surface area (Å²) in [6, 6.07) is 13.3. The van der Waals surface area contributed by atoms with Crippen molar-refractivity contribution in [2.45, 2.75) is 13.0 Å². The first-order valence-electron chi connectivity index (χ1n) is 7.60. The van der Waals surface area contributed by atoms with Gasteiger partial charge in [0.25, 0.3) is 5.91 Å². The molecule has 0 unspecified atom stereocenters. The third kappa shape index (κ3) is 5.83. The molecule has 0 heterocycles. The zero-order valence-electron chi connectivity index (χ0n) is 13.5. The summed E-state index contributed by atoms with van der Waals surface area (Å²) in [4.78, 5) is 23.5. The second-order valence-corrected chi connectivity index (χ2v) is 6.13. The first-order chi connectivity index (χ1) is 12.0. The summed E-state index contributed by atoms with van der Waals surface area (Å²) in [5.41, 5.74) is 1.19. The predicted molar refractivity (Wildman–Crippen MR) is 97.1 cm³/mol. The summed E-state index contributed by atoms with van der Waals surface area (Å²) in [6.45, 7) is 1.42. The average Bonchev–Trinajstić information content (AvgIpc) is 2.59. The van der Waals surface area contributed by atoms with Gasteiger partial charge in [0.15, 0.2) is 6.61 Å². The van der Waals surface area contributed by atoms with Gasteiger partial charge in [-0.15, -0.1) is 0 Å². The summed E-state index contributed by atoms with van der Waals surface area (Å²) in [5, 5.41) is 2.75. The largest absolute Gasteiger partial charge is 0.452 e. The fourth-order valence-corrected chi connectivity index (χ4v) is 2.77. The minimum Gasteiger partial charge on any atom is -0.452 e. The molecule has 6 heteroatoms. The number of hydrogen-bond donors (Lipinski definition) is 1. The highest BCUT2D eigenvalue weighted by Gasteiger charge is 2.13. The summed E-state index contributed by atoms with van der Waals surface area (Å²) in [5.74, 6) is -1.57. The van der Waals surface area contributed by atoms with Crippen LogP contribution in [0.25, 0.3) is 6.08 Å². The van der Waals surface area contributed by atoms with Crippen molar-refractivity contribution in [1.29, 1.82) is 0 Å². The van der Waals surface area contributed by atoms with Crippen LogP contribution in [0, 0.1) is 5.82 Å². The summed E-state index contributed by atoms with van der Waals surface area (Å²) in [6.07, 6.45) is 2.39. The van der Waals surface area contributed by atoms with E-state index in [1.807, 2.05) is 31.2 Å². The van der Waals surface area contributed by atoms with Crippen LogP contribution < -0.4 is 5.32 Å². The van der Waals surface area contributed by atoms with Gasteiger partial charge in [-0.3, -0.25) is 4.79 Å². The van der Waals surface area contributed by atoms with Gasteiger partial charge in [0.1, 0.15) is 5.82 Å². The van der Waals surface area contributed by atoms with E-state index in [0.29, 0.717) is 0 Å². The molecule has 0 bridgehead atoms. The molecule has 0 aromatic heterocycles. The minimum absolute atomic E-state index is 0.240. The molecule has 0 radical (unpaired) electrons. The lowest BCUT2D eigenvalue weighted by Gasteiger charge is -2.15. The maximum Gasteiger partial charge on any atom is 0.331 e. The Morgan fingerprint density at radius 2 is 1.88 bits per heavy atom. The van der Waals surface area contributed by atoms with Crippen LogP contribution >= 0.6 is 15.9 Å². The first-order valence-corrected chi connectivity index (χ1v) is 8.40. The highest BCUT2D eigenvalue weighted by Crippen LogP contribution is 2.22. The number of halogens is 2. The van der Waals surface area contributed by atoms with Crippen molar-refractivity contribution in [3.63, 3.8) is 0 Å². The van der Waals surface area contributed by atoms with E-state index in [9.17, 15) is 14.0 Å². The van der Waals surface area contributed by atoms with Gasteiger partial charge in [-0.1, -0.05) is 52.3 Å². The highest BCUT2D eigenvalue weighted by atomic mass is 79.9. The van der Waals surface area contributed by atoms with Gasteiger partial charge >= 0.3 is 5.97 Å². The van der Waals surface area contributed by atoms with Crippen molar-refractivity contribution < 1.29 is 18.7 Å². The van der Waals surface area contributed by atoms with Crippen LogP contribution in [0.5, 0.6) is 0 Å². The Bertz CT molecular complexity index is 792. The van der Waals surface area contributed by atoms with Gasteiger partial charge in [0, 0.05) is 16.1 Å². The lowest BCUT2D eigenvalue weighted by Crippen LogP contribution is -2.31. The molecule has 25 heavy (non-hydrogen) atoms. The zero-order chi connectivity index (χ0) is 18.2. The second-order valence-electron chi connectivity index (χ2n) is 5.27. The molecule has 2 aromatic rings. The van der Waals surface area contributed by atoms with Crippen LogP contribution in [0.4, 0.5) is 4.39 Å². The van der Waals surface area contributed by atoms with Crippen LogP contribution in [-0.2, 0) is 14.3 Å². The van der Waals surface area contributed by atoms with Crippen LogP contribution in [0.15, 0.2) is 59.1 Å². The lowest BCUT2D eigenvalue weighted by molar-refractivity contribution is -0.144. The molecule has 1 atom stereocenters. The Kier molecular flexibility index (Phi) is 6.89. The fourth-order valence-electron chi connectivity index (χ4n) is 2.14. The van der Waals surface area contributed by atoms with E-state index in [2.05, 4.69) is 21.2 Å². The molecule has 2 aromatic carbocycles. The van der Waals surface area contributed by atoms with Crippen molar-refractivity contribution >= 4 is 33.9 Å². The first kappa shape index (κ1) is 18.9. The molecular weight excluding hydrogens is 389 g/mol. The minimum atomic E-state index is -0.716. The fraction of sp³-hybridized carbons (Fsp3) is 0.158. The molecule has 0 saturated heterocycles. The van der Waals surface area contributed by atoms with Crippen molar-refractivity contribution in [3.8, 4) is 0 Å². The van der Waals surface area contributed by atoms with Crippen LogP contribution in [0.1, 0.15) is 24.1 Å². The van der Waals surface area contributed by atoms with E-state index < -0.39 is 24.3 Å². The number of benzene rings is 2. The maximum absolute atomic E-state index is 13.4. The maximum atomic E-state index is 13.4. The van der Waals surface area contributed by atoms with Gasteiger partial charge in [0.2, 0.25) is 0 Å². The molecule has 0 aliphatic heterocycles. The quantitative estimate of drug-likeness (QED) is 0.583. The molecule has 2 rings (SSSR count). The molecule has 0 fully saturated rings. The normalized spacial score (nSPS) is 12.0. The third-order valence-electron chi connectivity index (χ3n) is 3.40. The van der Waals surface area contributed by atoms with Crippen molar-refractivity contribution in [2.75, 3.05) is 6.61 Å². The number of rotatable bonds is 6. The Hall–Kier alpha value is -2.47. The van der Waals surface area contributed by atoms with E-state index in [1.54, 1.807) is 12.1 Å². The number of carbonyl (C=O) groups excluding carboxylic acids is 2. The number of hydrogen-bond acceptors (Lipinski definition) is 3. The molecule has 0 aliphatic rings. The molecule has 0 saturated carbocycles. The van der Waals surface area contributed by atoms with Crippen molar-refractivity contribution in [1.82, 2.24) is 5.32 Å². The summed E-state index contributed by atoms with van der Waals surface area (Å²) in [7, 11) is 0. The van der Waals surface area contributed by atoms with E-state index in [0.717, 1.165) is 16.1 Å². The number of amides is 1. The smallest absolute Gasteiger partial charge is 0.331 e. The second kappa shape index (κ2) is 9.13. The molecule has 0 aliphatic carbocycles. The Balaban J connectivity index is 1.82. The van der Waals surface area contributed by atoms with Gasteiger partial charge < -0.3 is 10.1 Å². The summed E-state index contributed by atoms with van der Waals surface area (Å²) >= 11 is 3.42. The van der Waals surface area contributed by atoms with Gasteiger partial charge in [-0.2, -0.15) is 0 Å². The molecule has 1 N–H and O–H groups in total. The number of ether oxygens (including phenoxy) is 1. The molecular formula is C19H17BrFNO3.